The molecule has 178 valence electrons. The minimum absolute atomic E-state index is 0.236. The fraction of sp³-hybridized carbons (Fsp3) is 0.929. The Kier molecular flexibility index (Phi) is 12.0. The molecule has 0 radical (unpaired) electrons. The molecule has 3 nitrogen and oxygen atoms in total. The molecule has 0 amide bonds. The molecule has 0 saturated heterocycles. The summed E-state index contributed by atoms with van der Waals surface area (Å²) < 4.78 is 0. The molecule has 31 heavy (non-hydrogen) atoms. The van der Waals surface area contributed by atoms with Crippen LogP contribution in [0.15, 0.2) is 0 Å². The normalized spacial score (nSPS) is 26.8. The van der Waals surface area contributed by atoms with Gasteiger partial charge in [0, 0.05) is 12.3 Å². The van der Waals surface area contributed by atoms with Crippen molar-refractivity contribution in [1.29, 1.82) is 5.26 Å². The molecule has 2 aliphatic carbocycles. The molecule has 1 N–H and O–H groups in total. The summed E-state index contributed by atoms with van der Waals surface area (Å²) in [6.45, 7) is 4.65. The first-order valence-corrected chi connectivity index (χ1v) is 13.6. The lowest BCUT2D eigenvalue weighted by Gasteiger charge is -2.52. The van der Waals surface area contributed by atoms with E-state index in [4.69, 9.17) is 5.11 Å². The van der Waals surface area contributed by atoms with E-state index < -0.39 is 5.97 Å². The fourth-order valence-electron chi connectivity index (χ4n) is 6.98. The van der Waals surface area contributed by atoms with Crippen molar-refractivity contribution in [1.82, 2.24) is 0 Å². The van der Waals surface area contributed by atoms with Crippen LogP contribution in [0.3, 0.4) is 0 Å². The van der Waals surface area contributed by atoms with Gasteiger partial charge < -0.3 is 5.11 Å². The zero-order valence-corrected chi connectivity index (χ0v) is 20.5. The average molecular weight is 432 g/mol. The molecule has 0 aromatic carbocycles. The van der Waals surface area contributed by atoms with Gasteiger partial charge in [-0.3, -0.25) is 4.79 Å². The molecule has 2 aliphatic rings. The molecular weight excluding hydrogens is 382 g/mol. The van der Waals surface area contributed by atoms with Crippen LogP contribution in [0.25, 0.3) is 0 Å². The van der Waals surface area contributed by atoms with Gasteiger partial charge in [-0.25, -0.2) is 0 Å². The van der Waals surface area contributed by atoms with Gasteiger partial charge in [-0.15, -0.1) is 0 Å². The van der Waals surface area contributed by atoms with Crippen molar-refractivity contribution in [3.63, 3.8) is 0 Å². The largest absolute Gasteiger partial charge is 0.481 e. The summed E-state index contributed by atoms with van der Waals surface area (Å²) in [6.07, 6.45) is 23.3. The number of carbonyl (C=O) groups is 1. The maximum absolute atomic E-state index is 11.0. The van der Waals surface area contributed by atoms with Crippen LogP contribution in [0.2, 0.25) is 0 Å². The lowest BCUT2D eigenvalue weighted by Crippen LogP contribution is -2.43. The fourth-order valence-corrected chi connectivity index (χ4v) is 6.98. The van der Waals surface area contributed by atoms with Gasteiger partial charge in [-0.1, -0.05) is 78.1 Å². The number of nitriles is 1. The monoisotopic (exact) mass is 431 g/mol. The van der Waals surface area contributed by atoms with Crippen LogP contribution in [-0.4, -0.2) is 11.1 Å². The Morgan fingerprint density at radius 1 is 1.03 bits per heavy atom. The van der Waals surface area contributed by atoms with E-state index in [2.05, 4.69) is 19.9 Å². The molecule has 0 spiro atoms. The average Bonchev–Trinajstić information content (AvgIpc) is 2.78. The van der Waals surface area contributed by atoms with Crippen molar-refractivity contribution in [3.8, 4) is 6.07 Å². The van der Waals surface area contributed by atoms with Gasteiger partial charge in [0.1, 0.15) is 0 Å². The minimum atomic E-state index is -0.667. The van der Waals surface area contributed by atoms with Crippen LogP contribution in [0.1, 0.15) is 136 Å². The second-order valence-corrected chi connectivity index (χ2v) is 11.0. The summed E-state index contributed by atoms with van der Waals surface area (Å²) in [4.78, 5) is 11.0. The van der Waals surface area contributed by atoms with Crippen LogP contribution in [0, 0.1) is 40.4 Å². The Morgan fingerprint density at radius 3 is 2.35 bits per heavy atom. The number of unbranched alkanes of at least 4 members (excludes halogenated alkanes) is 6. The molecular formula is C28H49NO2. The second-order valence-electron chi connectivity index (χ2n) is 11.0. The van der Waals surface area contributed by atoms with Gasteiger partial charge in [0.2, 0.25) is 0 Å². The van der Waals surface area contributed by atoms with E-state index in [9.17, 15) is 10.1 Å². The number of rotatable bonds is 14. The predicted molar refractivity (Wildman–Crippen MR) is 129 cm³/mol. The molecule has 4 atom stereocenters. The van der Waals surface area contributed by atoms with Gasteiger partial charge in [0.15, 0.2) is 0 Å². The van der Waals surface area contributed by atoms with E-state index in [-0.39, 0.29) is 5.92 Å². The van der Waals surface area contributed by atoms with E-state index in [1.165, 1.54) is 89.9 Å². The van der Waals surface area contributed by atoms with Gasteiger partial charge >= 0.3 is 5.97 Å². The van der Waals surface area contributed by atoms with Gasteiger partial charge in [0.05, 0.1) is 6.07 Å². The number of nitrogens with zero attached hydrogens (tertiary/aromatic N) is 1. The predicted octanol–water partition coefficient (Wildman–Crippen LogP) is 8.52. The Balaban J connectivity index is 2.03. The molecule has 2 fully saturated rings. The van der Waals surface area contributed by atoms with E-state index in [0.29, 0.717) is 29.6 Å². The molecule has 0 aliphatic heterocycles. The third kappa shape index (κ3) is 8.43. The maximum atomic E-state index is 11.0. The van der Waals surface area contributed by atoms with Gasteiger partial charge in [-0.05, 0) is 74.5 Å². The summed E-state index contributed by atoms with van der Waals surface area (Å²) in [7, 11) is 0. The summed E-state index contributed by atoms with van der Waals surface area (Å²) in [5.74, 6) is 1.50. The number of carboxylic acids is 1. The van der Waals surface area contributed by atoms with Crippen LogP contribution < -0.4 is 0 Å². The molecule has 3 heteroatoms. The Bertz CT molecular complexity index is 546. The summed E-state index contributed by atoms with van der Waals surface area (Å²) in [6, 6.07) is 2.63. The van der Waals surface area contributed by atoms with E-state index >= 15 is 0 Å². The van der Waals surface area contributed by atoms with Crippen molar-refractivity contribution in [3.05, 3.63) is 0 Å². The van der Waals surface area contributed by atoms with Gasteiger partial charge in [-0.2, -0.15) is 5.26 Å². The van der Waals surface area contributed by atoms with Crippen molar-refractivity contribution in [2.75, 3.05) is 0 Å². The van der Waals surface area contributed by atoms with Crippen LogP contribution in [-0.2, 0) is 4.79 Å². The van der Waals surface area contributed by atoms with Crippen molar-refractivity contribution < 1.29 is 9.90 Å². The highest BCUT2D eigenvalue weighted by Gasteiger charge is 2.46. The van der Waals surface area contributed by atoms with E-state index in [0.717, 1.165) is 25.7 Å². The quantitative estimate of drug-likeness (QED) is 0.280. The third-order valence-electron chi connectivity index (χ3n) is 8.78. The summed E-state index contributed by atoms with van der Waals surface area (Å²) in [5.41, 5.74) is 0.447. The van der Waals surface area contributed by atoms with Crippen LogP contribution >= 0.6 is 0 Å². The molecule has 0 bridgehead atoms. The zero-order chi connectivity index (χ0) is 22.5. The van der Waals surface area contributed by atoms with Crippen molar-refractivity contribution in [2.24, 2.45) is 29.1 Å². The summed E-state index contributed by atoms with van der Waals surface area (Å²) in [5, 5.41) is 18.8. The maximum Gasteiger partial charge on any atom is 0.303 e. The number of carboxylic acid groups (broad SMARTS) is 1. The smallest absolute Gasteiger partial charge is 0.303 e. The lowest BCUT2D eigenvalue weighted by atomic mass is 9.53. The van der Waals surface area contributed by atoms with E-state index in [1.54, 1.807) is 0 Å². The van der Waals surface area contributed by atoms with Crippen molar-refractivity contribution in [2.45, 2.75) is 136 Å². The molecule has 2 rings (SSSR count). The topological polar surface area (TPSA) is 61.1 Å². The first-order valence-electron chi connectivity index (χ1n) is 13.6. The molecule has 0 aromatic heterocycles. The number of hydrogen-bond donors (Lipinski definition) is 1. The van der Waals surface area contributed by atoms with Gasteiger partial charge in [0.25, 0.3) is 0 Å². The minimum Gasteiger partial charge on any atom is -0.481 e. The lowest BCUT2D eigenvalue weighted by molar-refractivity contribution is -0.137. The number of aliphatic carboxylic acids is 1. The highest BCUT2D eigenvalue weighted by Crippen LogP contribution is 2.56. The third-order valence-corrected chi connectivity index (χ3v) is 8.78. The Labute approximate surface area is 192 Å². The molecule has 2 saturated carbocycles. The summed E-state index contributed by atoms with van der Waals surface area (Å²) >= 11 is 0. The van der Waals surface area contributed by atoms with Crippen molar-refractivity contribution >= 4 is 5.97 Å². The second kappa shape index (κ2) is 14.2. The van der Waals surface area contributed by atoms with Crippen LogP contribution in [0.4, 0.5) is 0 Å². The Hall–Kier alpha value is -1.04. The highest BCUT2D eigenvalue weighted by molar-refractivity contribution is 5.66. The highest BCUT2D eigenvalue weighted by atomic mass is 16.4. The van der Waals surface area contributed by atoms with E-state index in [1.807, 2.05) is 0 Å². The standard InChI is InChI=1S/C28H49NO2/c1-3-4-5-6-7-8-10-18-28(19-11-9-12-20-28)26-21-24(22-29)16-17-25(26)23(2)14-13-15-27(30)31/h23-26H,3-21H2,1-2H3,(H,30,31). The number of hydrogen-bond acceptors (Lipinski definition) is 2. The molecule has 0 aromatic rings. The molecule has 4 unspecified atom stereocenters. The zero-order valence-electron chi connectivity index (χ0n) is 20.5. The molecule has 0 heterocycles. The first-order chi connectivity index (χ1) is 15.0. The Morgan fingerprint density at radius 2 is 1.71 bits per heavy atom. The first kappa shape index (κ1) is 26.2. The SMILES string of the molecule is CCCCCCCCCC1(C2CC(C#N)CCC2C(C)CCCC(=O)O)CCCCC1. The van der Waals surface area contributed by atoms with Crippen LogP contribution in [0.5, 0.6) is 0 Å².